The van der Waals surface area contributed by atoms with E-state index in [0.29, 0.717) is 11.1 Å². The van der Waals surface area contributed by atoms with Crippen LogP contribution < -0.4 is 0 Å². The number of hydrogen-bond donors (Lipinski definition) is 0. The number of esters is 1. The molecule has 20 heavy (non-hydrogen) atoms. The molecule has 0 bridgehead atoms. The van der Waals surface area contributed by atoms with Crippen LogP contribution in [0, 0.1) is 0 Å². The van der Waals surface area contributed by atoms with Crippen LogP contribution in [0.15, 0.2) is 42.6 Å². The second-order valence-electron chi connectivity index (χ2n) is 4.00. The fourth-order valence-electron chi connectivity index (χ4n) is 1.64. The molecule has 0 aliphatic carbocycles. The summed E-state index contributed by atoms with van der Waals surface area (Å²) in [6, 6.07) is 7.78. The second kappa shape index (κ2) is 5.32. The molecule has 0 N–H and O–H groups in total. The van der Waals surface area contributed by atoms with Crippen LogP contribution in [0.5, 0.6) is 0 Å². The lowest BCUT2D eigenvalue weighted by Crippen LogP contribution is -2.04. The van der Waals surface area contributed by atoms with Gasteiger partial charge in [0.25, 0.3) is 0 Å². The Labute approximate surface area is 113 Å². The van der Waals surface area contributed by atoms with E-state index in [1.807, 2.05) is 0 Å². The number of pyridine rings is 1. The summed E-state index contributed by atoms with van der Waals surface area (Å²) in [6.07, 6.45) is -2.94. The van der Waals surface area contributed by atoms with Gasteiger partial charge in [0.15, 0.2) is 0 Å². The highest BCUT2D eigenvalue weighted by Crippen LogP contribution is 2.30. The van der Waals surface area contributed by atoms with Crippen molar-refractivity contribution in [1.29, 1.82) is 0 Å². The zero-order valence-electron chi connectivity index (χ0n) is 10.4. The number of halogens is 3. The van der Waals surface area contributed by atoms with Crippen molar-refractivity contribution in [1.82, 2.24) is 4.98 Å². The summed E-state index contributed by atoms with van der Waals surface area (Å²) in [5, 5.41) is 0. The zero-order chi connectivity index (χ0) is 14.8. The van der Waals surface area contributed by atoms with Crippen molar-refractivity contribution < 1.29 is 22.7 Å². The maximum absolute atomic E-state index is 12.4. The fourth-order valence-corrected chi connectivity index (χ4v) is 1.64. The zero-order valence-corrected chi connectivity index (χ0v) is 10.4. The number of rotatable bonds is 2. The van der Waals surface area contributed by atoms with Crippen LogP contribution in [0.2, 0.25) is 0 Å². The van der Waals surface area contributed by atoms with Crippen molar-refractivity contribution in [2.45, 2.75) is 6.18 Å². The van der Waals surface area contributed by atoms with Gasteiger partial charge in [0.1, 0.15) is 5.69 Å². The summed E-state index contributed by atoms with van der Waals surface area (Å²) in [4.78, 5) is 15.1. The van der Waals surface area contributed by atoms with Gasteiger partial charge in [-0.15, -0.1) is 0 Å². The first-order valence-corrected chi connectivity index (χ1v) is 5.64. The molecule has 2 rings (SSSR count). The highest BCUT2D eigenvalue weighted by molar-refractivity contribution is 5.87. The van der Waals surface area contributed by atoms with E-state index < -0.39 is 17.7 Å². The number of hydrogen-bond acceptors (Lipinski definition) is 3. The van der Waals surface area contributed by atoms with Crippen LogP contribution in [0.25, 0.3) is 11.1 Å². The summed E-state index contributed by atoms with van der Waals surface area (Å²) >= 11 is 0. The number of aromatic nitrogens is 1. The van der Waals surface area contributed by atoms with Crippen molar-refractivity contribution >= 4 is 5.97 Å². The summed E-state index contributed by atoms with van der Waals surface area (Å²) < 4.78 is 41.8. The molecule has 1 heterocycles. The Morgan fingerprint density at radius 2 is 1.65 bits per heavy atom. The summed E-state index contributed by atoms with van der Waals surface area (Å²) in [5.41, 5.74) is 0.636. The molecule has 104 valence electrons. The molecule has 3 nitrogen and oxygen atoms in total. The quantitative estimate of drug-likeness (QED) is 0.790. The van der Waals surface area contributed by atoms with Gasteiger partial charge in [-0.3, -0.25) is 0 Å². The third kappa shape index (κ3) is 2.96. The summed E-state index contributed by atoms with van der Waals surface area (Å²) in [6.45, 7) is 0. The highest BCUT2D eigenvalue weighted by Gasteiger charge is 2.29. The number of alkyl halides is 3. The van der Waals surface area contributed by atoms with Gasteiger partial charge >= 0.3 is 12.1 Å². The van der Waals surface area contributed by atoms with Crippen molar-refractivity contribution in [2.75, 3.05) is 7.11 Å². The Morgan fingerprint density at radius 1 is 1.05 bits per heavy atom. The molecular weight excluding hydrogens is 271 g/mol. The van der Waals surface area contributed by atoms with E-state index in [1.165, 1.54) is 31.5 Å². The summed E-state index contributed by atoms with van der Waals surface area (Å²) in [7, 11) is 1.24. The van der Waals surface area contributed by atoms with Crippen LogP contribution in [0.3, 0.4) is 0 Å². The normalized spacial score (nSPS) is 11.2. The van der Waals surface area contributed by atoms with Crippen molar-refractivity contribution in [2.24, 2.45) is 0 Å². The van der Waals surface area contributed by atoms with Crippen LogP contribution in [0.1, 0.15) is 16.1 Å². The van der Waals surface area contributed by atoms with Crippen LogP contribution in [0.4, 0.5) is 13.2 Å². The molecule has 1 aromatic heterocycles. The fraction of sp³-hybridized carbons (Fsp3) is 0.143. The van der Waals surface area contributed by atoms with E-state index in [4.69, 9.17) is 0 Å². The maximum Gasteiger partial charge on any atom is 0.416 e. The Kier molecular flexibility index (Phi) is 3.74. The number of carbonyl (C=O) groups is 1. The van der Waals surface area contributed by atoms with E-state index in [1.54, 1.807) is 6.07 Å². The Bertz CT molecular complexity index is 604. The van der Waals surface area contributed by atoms with E-state index in [0.717, 1.165) is 12.1 Å². The van der Waals surface area contributed by atoms with Gasteiger partial charge in [0.2, 0.25) is 0 Å². The third-order valence-corrected chi connectivity index (χ3v) is 2.70. The number of ether oxygens (including phenoxy) is 1. The first-order valence-electron chi connectivity index (χ1n) is 5.64. The topological polar surface area (TPSA) is 39.2 Å². The SMILES string of the molecule is COC(=O)c1ccc(-c2ccc(C(F)(F)F)cc2)cn1. The molecule has 2 aromatic rings. The standard InChI is InChI=1S/C14H10F3NO2/c1-20-13(19)12-7-4-10(8-18-12)9-2-5-11(6-3-9)14(15,16)17/h2-8H,1H3. The van der Waals surface area contributed by atoms with Gasteiger partial charge < -0.3 is 4.74 Å². The van der Waals surface area contributed by atoms with Gasteiger partial charge in [0.05, 0.1) is 12.7 Å². The Morgan fingerprint density at radius 3 is 2.10 bits per heavy atom. The predicted octanol–water partition coefficient (Wildman–Crippen LogP) is 3.55. The smallest absolute Gasteiger partial charge is 0.416 e. The van der Waals surface area contributed by atoms with Crippen LogP contribution >= 0.6 is 0 Å². The summed E-state index contributed by atoms with van der Waals surface area (Å²) in [5.74, 6) is -0.566. The number of benzene rings is 1. The predicted molar refractivity (Wildman–Crippen MR) is 66.0 cm³/mol. The van der Waals surface area contributed by atoms with Crippen molar-refractivity contribution in [3.8, 4) is 11.1 Å². The molecule has 0 unspecified atom stereocenters. The Balaban J connectivity index is 2.26. The lowest BCUT2D eigenvalue weighted by molar-refractivity contribution is -0.137. The van der Waals surface area contributed by atoms with Gasteiger partial charge in [-0.2, -0.15) is 13.2 Å². The minimum atomic E-state index is -4.36. The number of nitrogens with zero attached hydrogens (tertiary/aromatic N) is 1. The average molecular weight is 281 g/mol. The lowest BCUT2D eigenvalue weighted by atomic mass is 10.1. The number of carbonyl (C=O) groups excluding carboxylic acids is 1. The van der Waals surface area contributed by atoms with Gasteiger partial charge in [-0.25, -0.2) is 9.78 Å². The van der Waals surface area contributed by atoms with Crippen molar-refractivity contribution in [3.05, 3.63) is 53.9 Å². The molecule has 0 saturated carbocycles. The van der Waals surface area contributed by atoms with E-state index in [2.05, 4.69) is 9.72 Å². The van der Waals surface area contributed by atoms with Crippen molar-refractivity contribution in [3.63, 3.8) is 0 Å². The third-order valence-electron chi connectivity index (χ3n) is 2.70. The largest absolute Gasteiger partial charge is 0.464 e. The van der Waals surface area contributed by atoms with Gasteiger partial charge in [-0.1, -0.05) is 18.2 Å². The monoisotopic (exact) mass is 281 g/mol. The van der Waals surface area contributed by atoms with Gasteiger partial charge in [0, 0.05) is 11.8 Å². The molecule has 0 saturated heterocycles. The minimum Gasteiger partial charge on any atom is -0.464 e. The molecule has 0 fully saturated rings. The molecule has 0 aliphatic rings. The number of methoxy groups -OCH3 is 1. The highest BCUT2D eigenvalue weighted by atomic mass is 19.4. The molecule has 1 aromatic carbocycles. The van der Waals surface area contributed by atoms with E-state index in [9.17, 15) is 18.0 Å². The molecule has 0 spiro atoms. The molecule has 0 aliphatic heterocycles. The Hall–Kier alpha value is -2.37. The second-order valence-corrected chi connectivity index (χ2v) is 4.00. The minimum absolute atomic E-state index is 0.142. The van der Waals surface area contributed by atoms with Gasteiger partial charge in [-0.05, 0) is 23.8 Å². The first kappa shape index (κ1) is 14.0. The van der Waals surface area contributed by atoms with E-state index in [-0.39, 0.29) is 5.69 Å². The maximum atomic E-state index is 12.4. The molecule has 0 radical (unpaired) electrons. The van der Waals surface area contributed by atoms with Crippen LogP contribution in [-0.2, 0) is 10.9 Å². The lowest BCUT2D eigenvalue weighted by Gasteiger charge is -2.07. The molecular formula is C14H10F3NO2. The molecule has 0 amide bonds. The average Bonchev–Trinajstić information content (AvgIpc) is 2.46. The molecule has 0 atom stereocenters. The first-order chi connectivity index (χ1) is 9.41. The molecule has 6 heteroatoms. The van der Waals surface area contributed by atoms with Crippen LogP contribution in [-0.4, -0.2) is 18.1 Å². The van der Waals surface area contributed by atoms with E-state index >= 15 is 0 Å².